The molecule has 1 aromatic heterocycles. The normalized spacial score (nSPS) is 15.1. The molecule has 0 bridgehead atoms. The summed E-state index contributed by atoms with van der Waals surface area (Å²) in [6.07, 6.45) is 0. The molecule has 0 aliphatic carbocycles. The fourth-order valence-electron chi connectivity index (χ4n) is 3.48. The van der Waals surface area contributed by atoms with E-state index in [9.17, 15) is 14.9 Å². The number of carbonyl (C=O) groups excluding carboxylic acids is 1. The minimum Gasteiger partial charge on any atom is -0.463 e. The molecule has 0 saturated heterocycles. The molecule has 2 aromatic carbocycles. The van der Waals surface area contributed by atoms with E-state index in [4.69, 9.17) is 4.74 Å². The largest absolute Gasteiger partial charge is 0.463 e. The van der Waals surface area contributed by atoms with Gasteiger partial charge in [0.05, 0.1) is 17.1 Å². The van der Waals surface area contributed by atoms with Gasteiger partial charge in [-0.05, 0) is 37.1 Å². The molecule has 0 spiro atoms. The highest BCUT2D eigenvalue weighted by Gasteiger charge is 2.35. The fourth-order valence-corrected chi connectivity index (χ4v) is 4.53. The summed E-state index contributed by atoms with van der Waals surface area (Å²) in [6, 6.07) is 13.6. The molecule has 9 nitrogen and oxygen atoms in total. The molecule has 11 heteroatoms. The number of hydrogen-bond acceptors (Lipinski definition) is 8. The lowest BCUT2D eigenvalue weighted by Crippen LogP contribution is -2.29. The summed E-state index contributed by atoms with van der Waals surface area (Å²) in [6.45, 7) is 3.86. The van der Waals surface area contributed by atoms with Crippen molar-refractivity contribution in [2.45, 2.75) is 30.8 Å². The number of allylic oxidation sites excluding steroid dienone is 1. The van der Waals surface area contributed by atoms with Crippen molar-refractivity contribution in [1.29, 1.82) is 0 Å². The van der Waals surface area contributed by atoms with Gasteiger partial charge in [-0.25, -0.2) is 9.48 Å². The number of nitro groups is 1. The number of ether oxygens (including phenoxy) is 1. The van der Waals surface area contributed by atoms with Crippen LogP contribution in [0.3, 0.4) is 0 Å². The average Bonchev–Trinajstić information content (AvgIpc) is 3.20. The molecular formula is C22H20BrN5O4S. The predicted molar refractivity (Wildman–Crippen MR) is 128 cm³/mol. The van der Waals surface area contributed by atoms with Gasteiger partial charge in [0.2, 0.25) is 11.1 Å². The van der Waals surface area contributed by atoms with Crippen LogP contribution in [0.1, 0.15) is 31.0 Å². The number of non-ortho nitro benzene ring substituents is 1. The lowest BCUT2D eigenvalue weighted by Gasteiger charge is -2.28. The Morgan fingerprint density at radius 1 is 1.24 bits per heavy atom. The van der Waals surface area contributed by atoms with E-state index in [1.54, 1.807) is 23.7 Å². The van der Waals surface area contributed by atoms with Crippen LogP contribution in [0.15, 0.2) is 69.4 Å². The molecule has 1 N–H and O–H groups in total. The Labute approximate surface area is 202 Å². The summed E-state index contributed by atoms with van der Waals surface area (Å²) in [5.74, 6) is 0.665. The summed E-state index contributed by atoms with van der Waals surface area (Å²) in [7, 11) is 0. The SMILES string of the molecule is CCOC(=O)C1=C(C)Nc2nc(SCc3ccc([N+](=O)[O-])cc3)nn2[C@@H]1c1ccc(Br)cc1. The molecule has 0 saturated carbocycles. The van der Waals surface area contributed by atoms with Crippen LogP contribution in [0.25, 0.3) is 0 Å². The smallest absolute Gasteiger partial charge is 0.338 e. The Kier molecular flexibility index (Phi) is 6.80. The van der Waals surface area contributed by atoms with Crippen LogP contribution in [0.5, 0.6) is 0 Å². The zero-order chi connectivity index (χ0) is 23.5. The van der Waals surface area contributed by atoms with Crippen LogP contribution in [-0.4, -0.2) is 32.3 Å². The van der Waals surface area contributed by atoms with Crippen LogP contribution < -0.4 is 5.32 Å². The minimum atomic E-state index is -0.491. The molecule has 1 aliphatic heterocycles. The molecule has 0 amide bonds. The number of nitrogens with one attached hydrogen (secondary N) is 1. The molecule has 170 valence electrons. The van der Waals surface area contributed by atoms with Crippen molar-refractivity contribution in [2.75, 3.05) is 11.9 Å². The van der Waals surface area contributed by atoms with Crippen molar-refractivity contribution >= 4 is 45.3 Å². The number of nitrogens with zero attached hydrogens (tertiary/aromatic N) is 4. The monoisotopic (exact) mass is 529 g/mol. The van der Waals surface area contributed by atoms with Crippen LogP contribution >= 0.6 is 27.7 Å². The van der Waals surface area contributed by atoms with E-state index in [1.807, 2.05) is 31.2 Å². The van der Waals surface area contributed by atoms with E-state index in [2.05, 4.69) is 31.3 Å². The second-order valence-electron chi connectivity index (χ2n) is 7.21. The number of nitro benzene ring substituents is 1. The number of rotatable bonds is 7. The number of hydrogen-bond donors (Lipinski definition) is 1. The first-order chi connectivity index (χ1) is 15.9. The molecule has 0 fully saturated rings. The van der Waals surface area contributed by atoms with E-state index < -0.39 is 16.9 Å². The van der Waals surface area contributed by atoms with E-state index in [-0.39, 0.29) is 12.3 Å². The van der Waals surface area contributed by atoms with E-state index in [1.165, 1.54) is 23.9 Å². The van der Waals surface area contributed by atoms with Gasteiger partial charge in [-0.3, -0.25) is 10.1 Å². The molecular weight excluding hydrogens is 510 g/mol. The van der Waals surface area contributed by atoms with Gasteiger partial charge in [-0.1, -0.05) is 52.0 Å². The Balaban J connectivity index is 1.63. The van der Waals surface area contributed by atoms with Gasteiger partial charge in [0.1, 0.15) is 6.04 Å². The van der Waals surface area contributed by atoms with Crippen LogP contribution in [0, 0.1) is 10.1 Å². The quantitative estimate of drug-likeness (QED) is 0.195. The molecule has 1 atom stereocenters. The molecule has 0 radical (unpaired) electrons. The van der Waals surface area contributed by atoms with Crippen LogP contribution in [-0.2, 0) is 15.3 Å². The fraction of sp³-hybridized carbons (Fsp3) is 0.227. The Morgan fingerprint density at radius 2 is 1.94 bits per heavy atom. The maximum absolute atomic E-state index is 12.8. The van der Waals surface area contributed by atoms with Gasteiger partial charge >= 0.3 is 5.97 Å². The molecule has 1 aliphatic rings. The minimum absolute atomic E-state index is 0.0499. The molecule has 4 rings (SSSR count). The Morgan fingerprint density at radius 3 is 2.58 bits per heavy atom. The number of benzene rings is 2. The first kappa shape index (κ1) is 23.0. The number of carbonyl (C=O) groups is 1. The maximum atomic E-state index is 12.8. The van der Waals surface area contributed by atoms with Gasteiger partial charge in [0.25, 0.3) is 5.69 Å². The van der Waals surface area contributed by atoms with Crippen molar-refractivity contribution in [1.82, 2.24) is 14.8 Å². The second kappa shape index (κ2) is 9.75. The number of aromatic nitrogens is 3. The Bertz CT molecular complexity index is 1220. The highest BCUT2D eigenvalue weighted by molar-refractivity contribution is 9.10. The van der Waals surface area contributed by atoms with Crippen molar-refractivity contribution < 1.29 is 14.5 Å². The molecule has 3 aromatic rings. The summed E-state index contributed by atoms with van der Waals surface area (Å²) < 4.78 is 7.94. The van der Waals surface area contributed by atoms with E-state index in [0.717, 1.165) is 15.6 Å². The number of thioether (sulfide) groups is 1. The van der Waals surface area contributed by atoms with Gasteiger partial charge in [-0.2, -0.15) is 4.98 Å². The van der Waals surface area contributed by atoms with Gasteiger partial charge in [0.15, 0.2) is 0 Å². The average molecular weight is 530 g/mol. The Hall–Kier alpha value is -3.18. The third-order valence-corrected chi connectivity index (χ3v) is 6.47. The standard InChI is InChI=1S/C22H20BrN5O4S/c1-3-32-20(29)18-13(2)24-21-25-22(33-12-14-4-10-17(11-5-14)28(30)31)26-27(21)19(18)15-6-8-16(23)9-7-15/h4-11,19H,3,12H2,1-2H3,(H,24,25,26)/t19-/m1/s1. The van der Waals surface area contributed by atoms with Gasteiger partial charge in [0, 0.05) is 28.1 Å². The zero-order valence-corrected chi connectivity index (χ0v) is 20.2. The molecule has 33 heavy (non-hydrogen) atoms. The van der Waals surface area contributed by atoms with E-state index in [0.29, 0.717) is 28.1 Å². The summed E-state index contributed by atoms with van der Waals surface area (Å²) in [5, 5.41) is 19.2. The lowest BCUT2D eigenvalue weighted by molar-refractivity contribution is -0.384. The third-order valence-electron chi connectivity index (χ3n) is 5.03. The summed E-state index contributed by atoms with van der Waals surface area (Å²) in [4.78, 5) is 27.8. The molecule has 0 unspecified atom stereocenters. The number of halogens is 1. The maximum Gasteiger partial charge on any atom is 0.338 e. The first-order valence-electron chi connectivity index (χ1n) is 10.1. The summed E-state index contributed by atoms with van der Waals surface area (Å²) in [5.41, 5.74) is 2.98. The van der Waals surface area contributed by atoms with Crippen molar-refractivity contribution in [3.8, 4) is 0 Å². The number of anilines is 1. The zero-order valence-electron chi connectivity index (χ0n) is 17.8. The van der Waals surface area contributed by atoms with Gasteiger partial charge < -0.3 is 10.1 Å². The topological polar surface area (TPSA) is 112 Å². The third kappa shape index (κ3) is 4.93. The van der Waals surface area contributed by atoms with Crippen molar-refractivity contribution in [2.24, 2.45) is 0 Å². The summed E-state index contributed by atoms with van der Waals surface area (Å²) >= 11 is 4.86. The second-order valence-corrected chi connectivity index (χ2v) is 9.07. The number of fused-ring (bicyclic) bond motifs is 1. The highest BCUT2D eigenvalue weighted by Crippen LogP contribution is 2.37. The highest BCUT2D eigenvalue weighted by atomic mass is 79.9. The van der Waals surface area contributed by atoms with Crippen molar-refractivity contribution in [3.05, 3.63) is 85.5 Å². The van der Waals surface area contributed by atoms with Crippen LogP contribution in [0.2, 0.25) is 0 Å². The van der Waals surface area contributed by atoms with Gasteiger partial charge in [-0.15, -0.1) is 5.10 Å². The lowest BCUT2D eigenvalue weighted by atomic mass is 9.96. The van der Waals surface area contributed by atoms with Crippen molar-refractivity contribution in [3.63, 3.8) is 0 Å². The molecule has 2 heterocycles. The van der Waals surface area contributed by atoms with Crippen LogP contribution in [0.4, 0.5) is 11.6 Å². The van der Waals surface area contributed by atoms with E-state index >= 15 is 0 Å². The first-order valence-corrected chi connectivity index (χ1v) is 11.9. The number of esters is 1. The predicted octanol–water partition coefficient (Wildman–Crippen LogP) is 5.09.